The highest BCUT2D eigenvalue weighted by Crippen LogP contribution is 2.37. The summed E-state index contributed by atoms with van der Waals surface area (Å²) in [6.45, 7) is 0. The third-order valence-electron chi connectivity index (χ3n) is 3.82. The third-order valence-corrected chi connectivity index (χ3v) is 6.12. The number of anilines is 1. The van der Waals surface area contributed by atoms with Crippen LogP contribution in [0, 0.1) is 0 Å². The molecule has 3 N–H and O–H groups in total. The highest BCUT2D eigenvalue weighted by Gasteiger charge is 2.53. The summed E-state index contributed by atoms with van der Waals surface area (Å²) in [6.07, 6.45) is 3.71. The van der Waals surface area contributed by atoms with Crippen molar-refractivity contribution in [2.75, 3.05) is 23.3 Å². The molecule has 0 saturated carbocycles. The van der Waals surface area contributed by atoms with Crippen LogP contribution in [-0.4, -0.2) is 74.3 Å². The molecule has 29 heavy (non-hydrogen) atoms. The molecule has 11 nitrogen and oxygen atoms in total. The minimum Gasteiger partial charge on any atom is -0.477 e. The van der Waals surface area contributed by atoms with Crippen LogP contribution in [0.15, 0.2) is 22.3 Å². The first-order valence-electron chi connectivity index (χ1n) is 8.02. The van der Waals surface area contributed by atoms with Crippen molar-refractivity contribution in [3.8, 4) is 0 Å². The summed E-state index contributed by atoms with van der Waals surface area (Å²) in [7, 11) is 0. The van der Waals surface area contributed by atoms with E-state index in [-0.39, 0.29) is 28.2 Å². The largest absolute Gasteiger partial charge is 0.477 e. The molecule has 3 rings (SSSR count). The number of aromatic nitrogens is 1. The topological polar surface area (TPSA) is 150 Å². The van der Waals surface area contributed by atoms with Crippen molar-refractivity contribution in [2.45, 2.75) is 11.4 Å². The molecule has 1 saturated heterocycles. The maximum atomic E-state index is 12.8. The van der Waals surface area contributed by atoms with Crippen LogP contribution >= 0.6 is 34.9 Å². The molecule has 3 heterocycles. The number of nitrogens with one attached hydrogen (secondary N) is 2. The third kappa shape index (κ3) is 4.38. The zero-order valence-electron chi connectivity index (χ0n) is 14.9. The zero-order valence-corrected chi connectivity index (χ0v) is 17.3. The monoisotopic (exact) mass is 457 g/mol. The number of amides is 3. The lowest BCUT2D eigenvalue weighted by molar-refractivity contribution is -0.150. The molecule has 0 aliphatic carbocycles. The minimum atomic E-state index is -1.20. The van der Waals surface area contributed by atoms with Gasteiger partial charge in [-0.25, -0.2) is 9.78 Å². The molecule has 1 unspecified atom stereocenters. The molecule has 154 valence electrons. The summed E-state index contributed by atoms with van der Waals surface area (Å²) in [5.74, 6) is -1.80. The Labute approximate surface area is 176 Å². The van der Waals surface area contributed by atoms with E-state index >= 15 is 0 Å². The van der Waals surface area contributed by atoms with Crippen molar-refractivity contribution in [1.82, 2.24) is 15.2 Å². The summed E-state index contributed by atoms with van der Waals surface area (Å²) in [4.78, 5) is 57.4. The van der Waals surface area contributed by atoms with Crippen LogP contribution in [0.1, 0.15) is 5.69 Å². The van der Waals surface area contributed by atoms with E-state index in [1.165, 1.54) is 35.0 Å². The Balaban J connectivity index is 1.76. The second-order valence-electron chi connectivity index (χ2n) is 5.55. The fraction of sp³-hybridized carbons (Fsp3) is 0.333. The fourth-order valence-electron chi connectivity index (χ4n) is 2.60. The number of carbonyl (C=O) groups is 4. The first kappa shape index (κ1) is 21.1. The molecular weight excluding hydrogens is 442 g/mol. The molecule has 1 aromatic heterocycles. The summed E-state index contributed by atoms with van der Waals surface area (Å²) in [5, 5.41) is 19.3. The number of hydrogen-bond donors (Lipinski definition) is 3. The SMILES string of the molecule is CSCON=C(C(=O)NC1C(=O)N2C(C(=O)O)=CCS[C@@H]12)c1csc(NC=O)n1. The van der Waals surface area contributed by atoms with Crippen LogP contribution in [0.25, 0.3) is 0 Å². The number of nitrogens with zero attached hydrogens (tertiary/aromatic N) is 3. The Morgan fingerprint density at radius 1 is 1.55 bits per heavy atom. The van der Waals surface area contributed by atoms with Gasteiger partial charge in [-0.05, 0) is 12.3 Å². The van der Waals surface area contributed by atoms with Gasteiger partial charge >= 0.3 is 5.97 Å². The number of β-lactam (4-membered cyclic amide) rings is 1. The van der Waals surface area contributed by atoms with Gasteiger partial charge in [0.25, 0.3) is 11.8 Å². The highest BCUT2D eigenvalue weighted by molar-refractivity contribution is 8.00. The minimum absolute atomic E-state index is 0.0921. The van der Waals surface area contributed by atoms with Gasteiger partial charge in [-0.1, -0.05) is 5.16 Å². The normalized spacial score (nSPS) is 20.9. The number of carboxylic acid groups (broad SMARTS) is 1. The van der Waals surface area contributed by atoms with Crippen LogP contribution in [-0.2, 0) is 24.0 Å². The molecule has 0 aromatic carbocycles. The smallest absolute Gasteiger partial charge is 0.352 e. The zero-order chi connectivity index (χ0) is 21.0. The fourth-order valence-corrected chi connectivity index (χ4v) is 4.60. The number of rotatable bonds is 9. The van der Waals surface area contributed by atoms with Crippen molar-refractivity contribution in [2.24, 2.45) is 5.16 Å². The van der Waals surface area contributed by atoms with Crippen LogP contribution in [0.3, 0.4) is 0 Å². The van der Waals surface area contributed by atoms with Gasteiger partial charge in [-0.2, -0.15) is 0 Å². The van der Waals surface area contributed by atoms with Gasteiger partial charge in [0, 0.05) is 11.1 Å². The maximum absolute atomic E-state index is 12.8. The van der Waals surface area contributed by atoms with Crippen LogP contribution in [0.2, 0.25) is 0 Å². The summed E-state index contributed by atoms with van der Waals surface area (Å²) < 4.78 is 0. The Morgan fingerprint density at radius 3 is 3.03 bits per heavy atom. The van der Waals surface area contributed by atoms with E-state index in [1.807, 2.05) is 0 Å². The maximum Gasteiger partial charge on any atom is 0.352 e. The van der Waals surface area contributed by atoms with Crippen molar-refractivity contribution >= 4 is 69.9 Å². The van der Waals surface area contributed by atoms with Gasteiger partial charge in [0.05, 0.1) is 0 Å². The van der Waals surface area contributed by atoms with Crippen LogP contribution < -0.4 is 10.6 Å². The first-order valence-corrected chi connectivity index (χ1v) is 11.3. The molecule has 14 heteroatoms. The number of aliphatic carboxylic acids is 1. The molecule has 0 spiro atoms. The lowest BCUT2D eigenvalue weighted by Crippen LogP contribution is -2.70. The molecule has 0 radical (unpaired) electrons. The summed E-state index contributed by atoms with van der Waals surface area (Å²) in [5.41, 5.74) is -0.0789. The standard InChI is InChI=1S/C15H15N5O6S3/c1-27-6-26-19-9(7-4-29-15(17-7)16-5-21)11(22)18-10-12(23)20-8(14(24)25)2-3-28-13(10)20/h2,4-5,10,13H,3,6H2,1H3,(H,18,22)(H,24,25)(H,16,17,21)/t10?,13-/m0/s1. The molecule has 3 amide bonds. The quantitative estimate of drug-likeness (QED) is 0.117. The molecular formula is C15H15N5O6S3. The predicted octanol–water partition coefficient (Wildman–Crippen LogP) is 0.121. The van der Waals surface area contributed by atoms with Crippen molar-refractivity contribution in [3.05, 3.63) is 22.8 Å². The lowest BCUT2D eigenvalue weighted by atomic mass is 10.0. The first-order chi connectivity index (χ1) is 14.0. The van der Waals surface area contributed by atoms with E-state index in [2.05, 4.69) is 20.8 Å². The number of hydrogen-bond acceptors (Lipinski definition) is 10. The van der Waals surface area contributed by atoms with Crippen molar-refractivity contribution in [1.29, 1.82) is 0 Å². The van der Waals surface area contributed by atoms with E-state index < -0.39 is 29.2 Å². The molecule has 2 aliphatic heterocycles. The highest BCUT2D eigenvalue weighted by atomic mass is 32.2. The number of carbonyl (C=O) groups excluding carboxylic acids is 3. The number of thioether (sulfide) groups is 2. The van der Waals surface area contributed by atoms with Gasteiger partial charge in [-0.15, -0.1) is 34.9 Å². The molecule has 2 atom stereocenters. The Kier molecular flexibility index (Phi) is 6.76. The lowest BCUT2D eigenvalue weighted by Gasteiger charge is -2.48. The Morgan fingerprint density at radius 2 is 2.34 bits per heavy atom. The van der Waals surface area contributed by atoms with E-state index in [0.717, 1.165) is 16.2 Å². The van der Waals surface area contributed by atoms with Crippen LogP contribution in [0.4, 0.5) is 5.13 Å². The number of oxime groups is 1. The van der Waals surface area contributed by atoms with E-state index in [0.29, 0.717) is 12.2 Å². The van der Waals surface area contributed by atoms with Crippen molar-refractivity contribution < 1.29 is 29.1 Å². The molecule has 2 aliphatic rings. The molecule has 1 aromatic rings. The van der Waals surface area contributed by atoms with E-state index in [4.69, 9.17) is 4.84 Å². The predicted molar refractivity (Wildman–Crippen MR) is 109 cm³/mol. The number of carboxylic acids is 1. The molecule has 0 bridgehead atoms. The second-order valence-corrected chi connectivity index (χ2v) is 8.37. The van der Waals surface area contributed by atoms with Crippen LogP contribution in [0.5, 0.6) is 0 Å². The summed E-state index contributed by atoms with van der Waals surface area (Å²) >= 11 is 3.78. The summed E-state index contributed by atoms with van der Waals surface area (Å²) in [6, 6.07) is -0.896. The van der Waals surface area contributed by atoms with Gasteiger partial charge in [0.1, 0.15) is 22.8 Å². The average molecular weight is 458 g/mol. The molecule has 1 fully saturated rings. The van der Waals surface area contributed by atoms with E-state index in [9.17, 15) is 24.3 Å². The van der Waals surface area contributed by atoms with Crippen molar-refractivity contribution in [3.63, 3.8) is 0 Å². The second kappa shape index (κ2) is 9.28. The average Bonchev–Trinajstić information content (AvgIpc) is 3.16. The van der Waals surface area contributed by atoms with E-state index in [1.54, 1.807) is 6.26 Å². The number of fused-ring (bicyclic) bond motifs is 1. The van der Waals surface area contributed by atoms with Gasteiger partial charge in [0.2, 0.25) is 6.41 Å². The Hall–Kier alpha value is -2.58. The Bertz CT molecular complexity index is 901. The van der Waals surface area contributed by atoms with Gasteiger partial charge < -0.3 is 20.6 Å². The van der Waals surface area contributed by atoms with Gasteiger partial charge in [-0.3, -0.25) is 19.3 Å². The number of thiazole rings is 1. The van der Waals surface area contributed by atoms with Gasteiger partial charge in [0.15, 0.2) is 16.8 Å².